The Morgan fingerprint density at radius 3 is 2.41 bits per heavy atom. The number of alkyl halides is 3. The van der Waals surface area contributed by atoms with Gasteiger partial charge in [0.05, 0.1) is 6.42 Å². The molecule has 1 aliphatic carbocycles. The summed E-state index contributed by atoms with van der Waals surface area (Å²) in [5, 5.41) is 8.82. The van der Waals surface area contributed by atoms with Crippen LogP contribution in [0, 0.1) is 0 Å². The third-order valence-electron chi connectivity index (χ3n) is 3.21. The first-order valence-electron chi connectivity index (χ1n) is 5.23. The molecule has 0 radical (unpaired) electrons. The molecule has 1 aromatic rings. The van der Waals surface area contributed by atoms with Crippen molar-refractivity contribution < 1.29 is 23.1 Å². The van der Waals surface area contributed by atoms with Crippen molar-refractivity contribution in [1.29, 1.82) is 0 Å². The van der Waals surface area contributed by atoms with E-state index in [0.717, 1.165) is 12.5 Å². The maximum absolute atomic E-state index is 12.5. The second kappa shape index (κ2) is 4.01. The summed E-state index contributed by atoms with van der Waals surface area (Å²) in [4.78, 5) is 10.7. The van der Waals surface area contributed by atoms with E-state index in [1.165, 1.54) is 6.07 Å². The van der Waals surface area contributed by atoms with Crippen LogP contribution in [0.3, 0.4) is 0 Å². The van der Waals surface area contributed by atoms with Crippen LogP contribution >= 0.6 is 11.3 Å². The summed E-state index contributed by atoms with van der Waals surface area (Å²) in [5.41, 5.74) is -0.556. The Balaban J connectivity index is 2.26. The van der Waals surface area contributed by atoms with E-state index >= 15 is 0 Å². The van der Waals surface area contributed by atoms with Crippen LogP contribution in [0.25, 0.3) is 0 Å². The molecule has 2 nitrogen and oxygen atoms in total. The number of carboxylic acid groups (broad SMARTS) is 1. The quantitative estimate of drug-likeness (QED) is 0.904. The van der Waals surface area contributed by atoms with Gasteiger partial charge >= 0.3 is 12.1 Å². The van der Waals surface area contributed by atoms with E-state index in [0.29, 0.717) is 29.1 Å². The Hall–Kier alpha value is -1.04. The summed E-state index contributed by atoms with van der Waals surface area (Å²) < 4.78 is 37.4. The molecule has 2 rings (SSSR count). The zero-order valence-electron chi connectivity index (χ0n) is 8.88. The normalized spacial score (nSPS) is 18.8. The van der Waals surface area contributed by atoms with E-state index in [1.807, 2.05) is 0 Å². The number of rotatable bonds is 3. The molecule has 0 saturated heterocycles. The first-order chi connectivity index (χ1) is 7.83. The lowest BCUT2D eigenvalue weighted by molar-refractivity contribution is -0.139. The molecule has 0 bridgehead atoms. The molecule has 0 aliphatic heterocycles. The molecule has 1 N–H and O–H groups in total. The van der Waals surface area contributed by atoms with Gasteiger partial charge in [-0.15, -0.1) is 11.3 Å². The molecular formula is C11H11F3O2S. The minimum atomic E-state index is -4.34. The Morgan fingerprint density at radius 2 is 2.06 bits per heavy atom. The summed E-state index contributed by atoms with van der Waals surface area (Å²) in [7, 11) is 0. The van der Waals surface area contributed by atoms with Crippen LogP contribution in [-0.4, -0.2) is 11.1 Å². The lowest BCUT2D eigenvalue weighted by atomic mass is 9.66. The van der Waals surface area contributed by atoms with Crippen molar-refractivity contribution in [1.82, 2.24) is 0 Å². The fraction of sp³-hybridized carbons (Fsp3) is 0.545. The molecule has 0 amide bonds. The van der Waals surface area contributed by atoms with Gasteiger partial charge in [0.15, 0.2) is 0 Å². The number of hydrogen-bond acceptors (Lipinski definition) is 2. The monoisotopic (exact) mass is 264 g/mol. The lowest BCUT2D eigenvalue weighted by Gasteiger charge is -2.40. The van der Waals surface area contributed by atoms with Gasteiger partial charge in [0.2, 0.25) is 0 Å². The molecular weight excluding hydrogens is 253 g/mol. The molecule has 1 saturated carbocycles. The zero-order chi connectivity index (χ0) is 12.7. The van der Waals surface area contributed by atoms with E-state index < -0.39 is 22.4 Å². The highest BCUT2D eigenvalue weighted by Gasteiger charge is 2.43. The van der Waals surface area contributed by atoms with Crippen LogP contribution in [0.1, 0.15) is 35.4 Å². The third-order valence-corrected chi connectivity index (χ3v) is 4.58. The molecule has 0 atom stereocenters. The van der Waals surface area contributed by atoms with E-state index in [1.54, 1.807) is 0 Å². The molecule has 1 heterocycles. The Kier molecular flexibility index (Phi) is 2.93. The maximum Gasteiger partial charge on any atom is 0.425 e. The van der Waals surface area contributed by atoms with Gasteiger partial charge in [0.1, 0.15) is 4.88 Å². The van der Waals surface area contributed by atoms with Gasteiger partial charge < -0.3 is 5.11 Å². The summed E-state index contributed by atoms with van der Waals surface area (Å²) in [5.74, 6) is -0.952. The SMILES string of the molecule is O=C(O)CC1(c2ccc(C(F)(F)F)s2)CCC1. The van der Waals surface area contributed by atoms with Crippen LogP contribution in [0.15, 0.2) is 12.1 Å². The standard InChI is InChI=1S/C11H11F3O2S/c12-11(13,14)8-3-2-7(17-8)10(4-1-5-10)6-9(15)16/h2-3H,1,4-6H2,(H,15,16). The van der Waals surface area contributed by atoms with Crippen molar-refractivity contribution in [3.8, 4) is 0 Å². The Bertz CT molecular complexity index is 432. The van der Waals surface area contributed by atoms with E-state index in [9.17, 15) is 18.0 Å². The van der Waals surface area contributed by atoms with Gasteiger partial charge in [-0.1, -0.05) is 6.42 Å². The number of thiophene rings is 1. The highest BCUT2D eigenvalue weighted by Crippen LogP contribution is 2.50. The second-order valence-electron chi connectivity index (χ2n) is 4.37. The number of aliphatic carboxylic acids is 1. The Morgan fingerprint density at radius 1 is 1.41 bits per heavy atom. The fourth-order valence-corrected chi connectivity index (χ4v) is 3.30. The average Bonchev–Trinajstić information content (AvgIpc) is 2.58. The molecule has 1 aliphatic rings. The topological polar surface area (TPSA) is 37.3 Å². The van der Waals surface area contributed by atoms with E-state index in [4.69, 9.17) is 5.11 Å². The van der Waals surface area contributed by atoms with Crippen molar-refractivity contribution in [3.63, 3.8) is 0 Å². The number of hydrogen-bond donors (Lipinski definition) is 1. The minimum Gasteiger partial charge on any atom is -0.481 e. The summed E-state index contributed by atoms with van der Waals surface area (Å²) in [6.45, 7) is 0. The molecule has 0 unspecified atom stereocenters. The van der Waals surface area contributed by atoms with Gasteiger partial charge in [0, 0.05) is 10.3 Å². The average molecular weight is 264 g/mol. The summed E-state index contributed by atoms with van der Waals surface area (Å²) >= 11 is 0.676. The van der Waals surface area contributed by atoms with Crippen molar-refractivity contribution in [3.05, 3.63) is 21.9 Å². The van der Waals surface area contributed by atoms with Gasteiger partial charge in [-0.05, 0) is 25.0 Å². The Labute approximate surface area is 100 Å². The predicted octanol–water partition coefficient (Wildman–Crippen LogP) is 3.66. The van der Waals surface area contributed by atoms with Gasteiger partial charge in [-0.25, -0.2) is 0 Å². The molecule has 6 heteroatoms. The lowest BCUT2D eigenvalue weighted by Crippen LogP contribution is -2.35. The molecule has 0 aromatic carbocycles. The molecule has 1 fully saturated rings. The molecule has 1 aromatic heterocycles. The van der Waals surface area contributed by atoms with E-state index in [2.05, 4.69) is 0 Å². The minimum absolute atomic E-state index is 0.0786. The van der Waals surface area contributed by atoms with Gasteiger partial charge in [-0.2, -0.15) is 13.2 Å². The first kappa shape index (κ1) is 12.4. The van der Waals surface area contributed by atoms with Crippen molar-refractivity contribution >= 4 is 17.3 Å². The third kappa shape index (κ3) is 2.31. The summed E-state index contributed by atoms with van der Waals surface area (Å²) in [6, 6.07) is 2.47. The predicted molar refractivity (Wildman–Crippen MR) is 57.1 cm³/mol. The fourth-order valence-electron chi connectivity index (χ4n) is 2.18. The smallest absolute Gasteiger partial charge is 0.425 e. The van der Waals surface area contributed by atoms with Crippen molar-refractivity contribution in [2.45, 2.75) is 37.3 Å². The van der Waals surface area contributed by atoms with Gasteiger partial charge in [0.25, 0.3) is 0 Å². The largest absolute Gasteiger partial charge is 0.481 e. The number of halogens is 3. The molecule has 0 spiro atoms. The summed E-state index contributed by atoms with van der Waals surface area (Å²) in [6.07, 6.45) is -2.21. The highest BCUT2D eigenvalue weighted by molar-refractivity contribution is 7.12. The molecule has 94 valence electrons. The van der Waals surface area contributed by atoms with Crippen LogP contribution < -0.4 is 0 Å². The highest BCUT2D eigenvalue weighted by atomic mass is 32.1. The zero-order valence-corrected chi connectivity index (χ0v) is 9.70. The van der Waals surface area contributed by atoms with E-state index in [-0.39, 0.29) is 6.42 Å². The van der Waals surface area contributed by atoms with Crippen LogP contribution in [0.2, 0.25) is 0 Å². The van der Waals surface area contributed by atoms with Crippen LogP contribution in [0.5, 0.6) is 0 Å². The number of carbonyl (C=O) groups is 1. The second-order valence-corrected chi connectivity index (χ2v) is 5.45. The van der Waals surface area contributed by atoms with Crippen molar-refractivity contribution in [2.75, 3.05) is 0 Å². The van der Waals surface area contributed by atoms with Crippen molar-refractivity contribution in [2.24, 2.45) is 0 Å². The maximum atomic E-state index is 12.5. The van der Waals surface area contributed by atoms with Gasteiger partial charge in [-0.3, -0.25) is 4.79 Å². The first-order valence-corrected chi connectivity index (χ1v) is 6.04. The number of carboxylic acids is 1. The van der Waals surface area contributed by atoms with Crippen LogP contribution in [-0.2, 0) is 16.4 Å². The van der Waals surface area contributed by atoms with Crippen LogP contribution in [0.4, 0.5) is 13.2 Å². The molecule has 17 heavy (non-hydrogen) atoms.